The lowest BCUT2D eigenvalue weighted by Gasteiger charge is -2.06. The first-order valence-corrected chi connectivity index (χ1v) is 5.21. The summed E-state index contributed by atoms with van der Waals surface area (Å²) in [6.07, 6.45) is 0.942. The van der Waals surface area contributed by atoms with Crippen molar-refractivity contribution in [2.24, 2.45) is 0 Å². The Hall–Kier alpha value is -2.55. The van der Waals surface area contributed by atoms with E-state index in [1.54, 1.807) is 6.07 Å². The van der Waals surface area contributed by atoms with Crippen LogP contribution in [-0.2, 0) is 0 Å². The third-order valence-corrected chi connectivity index (χ3v) is 2.36. The van der Waals surface area contributed by atoms with E-state index in [2.05, 4.69) is 9.72 Å². The first kappa shape index (κ1) is 12.9. The Labute approximate surface area is 106 Å². The number of nitriles is 1. The smallest absolute Gasteiger partial charge is 0.387 e. The lowest BCUT2D eigenvalue weighted by Crippen LogP contribution is -2.01. The van der Waals surface area contributed by atoms with Gasteiger partial charge in [-0.3, -0.25) is 0 Å². The molecule has 0 aliphatic carbocycles. The number of ether oxygens (including phenoxy) is 1. The van der Waals surface area contributed by atoms with E-state index in [0.29, 0.717) is 5.56 Å². The standard InChI is InChI=1S/C13H7F3N2O/c14-12-7-18-9(6-17)5-11(12)8-1-3-10(4-2-8)19-13(15)16/h1-5,7,13H. The predicted molar refractivity (Wildman–Crippen MR) is 61.0 cm³/mol. The van der Waals surface area contributed by atoms with Crippen LogP contribution >= 0.6 is 0 Å². The molecule has 0 saturated carbocycles. The number of hydrogen-bond donors (Lipinski definition) is 0. The average Bonchev–Trinajstić information content (AvgIpc) is 2.40. The molecule has 0 bridgehead atoms. The minimum Gasteiger partial charge on any atom is -0.435 e. The van der Waals surface area contributed by atoms with Gasteiger partial charge in [-0.25, -0.2) is 9.37 Å². The van der Waals surface area contributed by atoms with Gasteiger partial charge in [0, 0.05) is 5.56 Å². The Bertz CT molecular complexity index is 621. The molecule has 0 spiro atoms. The van der Waals surface area contributed by atoms with Gasteiger partial charge < -0.3 is 4.74 Å². The van der Waals surface area contributed by atoms with E-state index in [4.69, 9.17) is 5.26 Å². The SMILES string of the molecule is N#Cc1cc(-c2ccc(OC(F)F)cc2)c(F)cn1. The molecule has 2 rings (SSSR count). The molecule has 0 atom stereocenters. The quantitative estimate of drug-likeness (QED) is 0.853. The van der Waals surface area contributed by atoms with Crippen LogP contribution in [0.2, 0.25) is 0 Å². The number of halogens is 3. The van der Waals surface area contributed by atoms with Crippen LogP contribution < -0.4 is 4.74 Å². The second kappa shape index (κ2) is 5.40. The van der Waals surface area contributed by atoms with Crippen LogP contribution in [0.1, 0.15) is 5.69 Å². The van der Waals surface area contributed by atoms with Gasteiger partial charge in [0.1, 0.15) is 23.3 Å². The van der Waals surface area contributed by atoms with Gasteiger partial charge in [-0.05, 0) is 23.8 Å². The van der Waals surface area contributed by atoms with Crippen molar-refractivity contribution in [3.63, 3.8) is 0 Å². The van der Waals surface area contributed by atoms with E-state index < -0.39 is 12.4 Å². The summed E-state index contributed by atoms with van der Waals surface area (Å²) in [6, 6.07) is 8.54. The van der Waals surface area contributed by atoms with Gasteiger partial charge in [0.05, 0.1) is 6.20 Å². The molecule has 0 aliphatic heterocycles. The maximum Gasteiger partial charge on any atom is 0.387 e. The number of hydrogen-bond acceptors (Lipinski definition) is 3. The number of aromatic nitrogens is 1. The zero-order valence-corrected chi connectivity index (χ0v) is 9.48. The van der Waals surface area contributed by atoms with Crippen LogP contribution in [0.5, 0.6) is 5.75 Å². The molecule has 0 fully saturated rings. The van der Waals surface area contributed by atoms with Crippen LogP contribution in [0.15, 0.2) is 36.5 Å². The Morgan fingerprint density at radius 1 is 1.21 bits per heavy atom. The molecular formula is C13H7F3N2O. The topological polar surface area (TPSA) is 45.9 Å². The molecule has 0 saturated heterocycles. The highest BCUT2D eigenvalue weighted by molar-refractivity contribution is 5.65. The summed E-state index contributed by atoms with van der Waals surface area (Å²) in [6.45, 7) is -2.91. The molecule has 96 valence electrons. The summed E-state index contributed by atoms with van der Waals surface area (Å²) in [5.74, 6) is -0.616. The largest absolute Gasteiger partial charge is 0.435 e. The molecule has 1 aromatic heterocycles. The highest BCUT2D eigenvalue weighted by atomic mass is 19.3. The van der Waals surface area contributed by atoms with Crippen molar-refractivity contribution < 1.29 is 17.9 Å². The third kappa shape index (κ3) is 3.01. The lowest BCUT2D eigenvalue weighted by molar-refractivity contribution is -0.0498. The second-order valence-corrected chi connectivity index (χ2v) is 3.56. The monoisotopic (exact) mass is 264 g/mol. The molecule has 0 unspecified atom stereocenters. The zero-order valence-electron chi connectivity index (χ0n) is 9.48. The van der Waals surface area contributed by atoms with Gasteiger partial charge in [0.15, 0.2) is 0 Å². The van der Waals surface area contributed by atoms with E-state index in [1.165, 1.54) is 30.3 Å². The van der Waals surface area contributed by atoms with Gasteiger partial charge >= 0.3 is 6.61 Å². The fourth-order valence-corrected chi connectivity index (χ4v) is 1.54. The molecule has 2 aromatic rings. The van der Waals surface area contributed by atoms with Gasteiger partial charge in [-0.2, -0.15) is 14.0 Å². The molecule has 3 nitrogen and oxygen atoms in total. The molecule has 1 aromatic carbocycles. The Balaban J connectivity index is 2.35. The molecule has 0 amide bonds. The number of nitrogens with zero attached hydrogens (tertiary/aromatic N) is 2. The first-order valence-electron chi connectivity index (χ1n) is 5.21. The zero-order chi connectivity index (χ0) is 13.8. The Morgan fingerprint density at radius 2 is 1.89 bits per heavy atom. The third-order valence-electron chi connectivity index (χ3n) is 2.36. The fraction of sp³-hybridized carbons (Fsp3) is 0.0769. The number of pyridine rings is 1. The van der Waals surface area contributed by atoms with Crippen LogP contribution in [0.3, 0.4) is 0 Å². The molecule has 6 heteroatoms. The van der Waals surface area contributed by atoms with E-state index in [-0.39, 0.29) is 17.0 Å². The van der Waals surface area contributed by atoms with Gasteiger partial charge in [-0.15, -0.1) is 0 Å². The van der Waals surface area contributed by atoms with Crippen molar-refractivity contribution in [3.05, 3.63) is 48.0 Å². The summed E-state index contributed by atoms with van der Waals surface area (Å²) < 4.78 is 41.7. The van der Waals surface area contributed by atoms with Crippen molar-refractivity contribution in [2.45, 2.75) is 6.61 Å². The summed E-state index contributed by atoms with van der Waals surface area (Å²) >= 11 is 0. The molecule has 19 heavy (non-hydrogen) atoms. The summed E-state index contributed by atoms with van der Waals surface area (Å²) in [4.78, 5) is 3.58. The van der Waals surface area contributed by atoms with E-state index >= 15 is 0 Å². The Morgan fingerprint density at radius 3 is 2.47 bits per heavy atom. The van der Waals surface area contributed by atoms with Crippen LogP contribution in [0.4, 0.5) is 13.2 Å². The van der Waals surface area contributed by atoms with Gasteiger partial charge in [-0.1, -0.05) is 12.1 Å². The summed E-state index contributed by atoms with van der Waals surface area (Å²) in [5.41, 5.74) is 0.692. The van der Waals surface area contributed by atoms with Crippen LogP contribution in [0.25, 0.3) is 11.1 Å². The summed E-state index contributed by atoms with van der Waals surface area (Å²) in [7, 11) is 0. The minimum atomic E-state index is -2.91. The van der Waals surface area contributed by atoms with Crippen molar-refractivity contribution in [1.29, 1.82) is 5.26 Å². The fourth-order valence-electron chi connectivity index (χ4n) is 1.54. The average molecular weight is 264 g/mol. The number of benzene rings is 1. The molecule has 0 radical (unpaired) electrons. The minimum absolute atomic E-state index is 0.0197. The normalized spacial score (nSPS) is 10.3. The van der Waals surface area contributed by atoms with Crippen molar-refractivity contribution >= 4 is 0 Å². The maximum absolute atomic E-state index is 13.6. The molecule has 0 N–H and O–H groups in total. The number of alkyl halides is 2. The van der Waals surface area contributed by atoms with E-state index in [1.807, 2.05) is 0 Å². The molecule has 0 aliphatic rings. The van der Waals surface area contributed by atoms with Crippen LogP contribution in [0, 0.1) is 17.1 Å². The highest BCUT2D eigenvalue weighted by Gasteiger charge is 2.09. The maximum atomic E-state index is 13.6. The van der Waals surface area contributed by atoms with Crippen LogP contribution in [-0.4, -0.2) is 11.6 Å². The molecular weight excluding hydrogens is 257 g/mol. The lowest BCUT2D eigenvalue weighted by atomic mass is 10.1. The van der Waals surface area contributed by atoms with E-state index in [9.17, 15) is 13.2 Å². The predicted octanol–water partition coefficient (Wildman–Crippen LogP) is 3.36. The second-order valence-electron chi connectivity index (χ2n) is 3.56. The van der Waals surface area contributed by atoms with Gasteiger partial charge in [0.2, 0.25) is 0 Å². The first-order chi connectivity index (χ1) is 9.10. The summed E-state index contributed by atoms with van der Waals surface area (Å²) in [5, 5.41) is 8.70. The van der Waals surface area contributed by atoms with Crippen molar-refractivity contribution in [2.75, 3.05) is 0 Å². The molecule has 1 heterocycles. The highest BCUT2D eigenvalue weighted by Crippen LogP contribution is 2.25. The van der Waals surface area contributed by atoms with Gasteiger partial charge in [0.25, 0.3) is 0 Å². The van der Waals surface area contributed by atoms with E-state index in [0.717, 1.165) is 6.20 Å². The Kier molecular flexibility index (Phi) is 3.66. The van der Waals surface area contributed by atoms with Crippen molar-refractivity contribution in [1.82, 2.24) is 4.98 Å². The van der Waals surface area contributed by atoms with Crippen molar-refractivity contribution in [3.8, 4) is 22.9 Å². The number of rotatable bonds is 3.